The fourth-order valence-electron chi connectivity index (χ4n) is 2.26. The monoisotopic (exact) mass is 286 g/mol. The number of hydrogen-bond acceptors (Lipinski definition) is 6. The van der Waals surface area contributed by atoms with E-state index in [9.17, 15) is 0 Å². The van der Waals surface area contributed by atoms with Crippen molar-refractivity contribution < 1.29 is 0 Å². The first-order valence-corrected chi connectivity index (χ1v) is 7.43. The Bertz CT molecular complexity index is 672. The second kappa shape index (κ2) is 5.59. The van der Waals surface area contributed by atoms with Gasteiger partial charge in [-0.1, -0.05) is 6.42 Å². The summed E-state index contributed by atoms with van der Waals surface area (Å²) in [5.74, 6) is 1.04. The summed E-state index contributed by atoms with van der Waals surface area (Å²) in [7, 11) is 0. The lowest BCUT2D eigenvalue weighted by atomic mass is 10.2. The molecule has 0 atom stereocenters. The summed E-state index contributed by atoms with van der Waals surface area (Å²) in [6.45, 7) is 2.80. The van der Waals surface area contributed by atoms with Crippen molar-refractivity contribution in [2.75, 3.05) is 0 Å². The Hall–Kier alpha value is -1.94. The number of nitrogens with zero attached hydrogens (tertiary/aromatic N) is 6. The number of aryl methyl sites for hydroxylation is 2. The number of fused-ring (bicyclic) bond motifs is 1. The molecule has 0 spiro atoms. The first-order valence-electron chi connectivity index (χ1n) is 6.62. The Balaban J connectivity index is 1.90. The van der Waals surface area contributed by atoms with Gasteiger partial charge in [0.1, 0.15) is 17.6 Å². The maximum absolute atomic E-state index is 8.96. The van der Waals surface area contributed by atoms with E-state index in [4.69, 9.17) is 5.26 Å². The largest absolute Gasteiger partial charge is 0.306 e. The zero-order valence-electron chi connectivity index (χ0n) is 11.2. The molecule has 2 aromatic heterocycles. The van der Waals surface area contributed by atoms with Gasteiger partial charge in [-0.2, -0.15) is 5.26 Å². The van der Waals surface area contributed by atoms with Crippen molar-refractivity contribution in [2.45, 2.75) is 49.5 Å². The molecule has 0 saturated heterocycles. The van der Waals surface area contributed by atoms with Gasteiger partial charge in [0.25, 0.3) is 0 Å². The topological polar surface area (TPSA) is 80.3 Å². The van der Waals surface area contributed by atoms with Crippen LogP contribution in [0, 0.1) is 18.3 Å². The van der Waals surface area contributed by atoms with Crippen LogP contribution >= 0.6 is 11.8 Å². The lowest BCUT2D eigenvalue weighted by molar-refractivity contribution is 0.590. The molecule has 7 heteroatoms. The zero-order chi connectivity index (χ0) is 13.9. The molecular formula is C13H14N6S. The van der Waals surface area contributed by atoms with Gasteiger partial charge in [-0.15, -0.1) is 10.2 Å². The highest BCUT2D eigenvalue weighted by molar-refractivity contribution is 7.99. The Morgan fingerprint density at radius 3 is 3.00 bits per heavy atom. The summed E-state index contributed by atoms with van der Waals surface area (Å²) < 4.78 is 2.15. The Morgan fingerprint density at radius 2 is 2.15 bits per heavy atom. The van der Waals surface area contributed by atoms with E-state index in [-0.39, 0.29) is 0 Å². The van der Waals surface area contributed by atoms with Crippen molar-refractivity contribution in [1.29, 1.82) is 5.26 Å². The summed E-state index contributed by atoms with van der Waals surface area (Å²) in [5, 5.41) is 18.8. The lowest BCUT2D eigenvalue weighted by Crippen LogP contribution is -2.03. The van der Waals surface area contributed by atoms with Crippen LogP contribution in [0.15, 0.2) is 16.4 Å². The van der Waals surface area contributed by atoms with Gasteiger partial charge in [-0.3, -0.25) is 0 Å². The molecule has 0 aromatic carbocycles. The SMILES string of the molecule is Cc1cc(C#N)nc(Sc2nnc3n2CCCCC3)n1. The van der Waals surface area contributed by atoms with Crippen LogP contribution in [-0.2, 0) is 13.0 Å². The minimum absolute atomic E-state index is 0.385. The third-order valence-electron chi connectivity index (χ3n) is 3.21. The molecule has 0 radical (unpaired) electrons. The van der Waals surface area contributed by atoms with E-state index in [1.807, 2.05) is 6.92 Å². The molecule has 6 nitrogen and oxygen atoms in total. The van der Waals surface area contributed by atoms with Gasteiger partial charge in [-0.05, 0) is 37.6 Å². The van der Waals surface area contributed by atoms with E-state index in [1.54, 1.807) is 6.07 Å². The average Bonchev–Trinajstić information content (AvgIpc) is 2.67. The minimum Gasteiger partial charge on any atom is -0.306 e. The predicted octanol–water partition coefficient (Wildman–Crippen LogP) is 2.13. The third-order valence-corrected chi connectivity index (χ3v) is 4.06. The molecular weight excluding hydrogens is 272 g/mol. The molecule has 0 fully saturated rings. The van der Waals surface area contributed by atoms with Gasteiger partial charge >= 0.3 is 0 Å². The van der Waals surface area contributed by atoms with Crippen molar-refractivity contribution in [3.8, 4) is 6.07 Å². The van der Waals surface area contributed by atoms with E-state index in [1.165, 1.54) is 24.6 Å². The maximum Gasteiger partial charge on any atom is 0.199 e. The summed E-state index contributed by atoms with van der Waals surface area (Å²) in [6.07, 6.45) is 4.53. The summed E-state index contributed by atoms with van der Waals surface area (Å²) in [5.41, 5.74) is 1.17. The minimum atomic E-state index is 0.385. The summed E-state index contributed by atoms with van der Waals surface area (Å²) in [4.78, 5) is 8.56. The molecule has 0 bridgehead atoms. The Morgan fingerprint density at radius 1 is 1.25 bits per heavy atom. The first-order chi connectivity index (χ1) is 9.76. The fraction of sp³-hybridized carbons (Fsp3) is 0.462. The van der Waals surface area contributed by atoms with Crippen LogP contribution in [0.3, 0.4) is 0 Å². The molecule has 3 heterocycles. The highest BCUT2D eigenvalue weighted by Crippen LogP contribution is 2.26. The molecule has 1 aliphatic heterocycles. The Labute approximate surface area is 121 Å². The standard InChI is InChI=1S/C13H14N6S/c1-9-7-10(8-14)16-12(15-9)20-13-18-17-11-5-3-2-4-6-19(11)13/h7H,2-6H2,1H3. The van der Waals surface area contributed by atoms with Crippen LogP contribution in [0.1, 0.15) is 36.5 Å². The average molecular weight is 286 g/mol. The molecule has 102 valence electrons. The van der Waals surface area contributed by atoms with Crippen molar-refractivity contribution in [2.24, 2.45) is 0 Å². The van der Waals surface area contributed by atoms with Crippen molar-refractivity contribution in [3.63, 3.8) is 0 Å². The number of rotatable bonds is 2. The quantitative estimate of drug-likeness (QED) is 0.787. The normalized spacial score (nSPS) is 14.4. The molecule has 0 saturated carbocycles. The highest BCUT2D eigenvalue weighted by atomic mass is 32.2. The number of aromatic nitrogens is 5. The van der Waals surface area contributed by atoms with Gasteiger partial charge in [0, 0.05) is 18.7 Å². The van der Waals surface area contributed by atoms with Crippen LogP contribution in [-0.4, -0.2) is 24.7 Å². The summed E-state index contributed by atoms with van der Waals surface area (Å²) >= 11 is 1.38. The third kappa shape index (κ3) is 2.65. The predicted molar refractivity (Wildman–Crippen MR) is 73.2 cm³/mol. The van der Waals surface area contributed by atoms with Crippen molar-refractivity contribution in [3.05, 3.63) is 23.3 Å². The number of hydrogen-bond donors (Lipinski definition) is 0. The van der Waals surface area contributed by atoms with E-state index in [2.05, 4.69) is 30.8 Å². The first kappa shape index (κ1) is 13.1. The summed E-state index contributed by atoms with van der Waals surface area (Å²) in [6, 6.07) is 3.73. The molecule has 2 aromatic rings. The highest BCUT2D eigenvalue weighted by Gasteiger charge is 2.16. The van der Waals surface area contributed by atoms with Gasteiger partial charge in [-0.25, -0.2) is 9.97 Å². The lowest BCUT2D eigenvalue weighted by Gasteiger charge is -2.05. The molecule has 3 rings (SSSR count). The molecule has 0 unspecified atom stereocenters. The molecule has 20 heavy (non-hydrogen) atoms. The van der Waals surface area contributed by atoms with E-state index in [0.717, 1.165) is 36.1 Å². The maximum atomic E-state index is 8.96. The Kier molecular flexibility index (Phi) is 3.65. The second-order valence-electron chi connectivity index (χ2n) is 4.75. The van der Waals surface area contributed by atoms with E-state index >= 15 is 0 Å². The van der Waals surface area contributed by atoms with Crippen LogP contribution in [0.4, 0.5) is 0 Å². The molecule has 0 amide bonds. The molecule has 1 aliphatic rings. The van der Waals surface area contributed by atoms with Gasteiger partial charge in [0.2, 0.25) is 0 Å². The van der Waals surface area contributed by atoms with Gasteiger partial charge in [0.15, 0.2) is 10.3 Å². The van der Waals surface area contributed by atoms with Crippen LogP contribution in [0.5, 0.6) is 0 Å². The second-order valence-corrected chi connectivity index (χ2v) is 5.69. The molecule has 0 N–H and O–H groups in total. The fourth-order valence-corrected chi connectivity index (χ4v) is 3.15. The van der Waals surface area contributed by atoms with Gasteiger partial charge in [0.05, 0.1) is 0 Å². The van der Waals surface area contributed by atoms with Gasteiger partial charge < -0.3 is 4.57 Å². The van der Waals surface area contributed by atoms with Crippen molar-refractivity contribution >= 4 is 11.8 Å². The smallest absolute Gasteiger partial charge is 0.199 e. The van der Waals surface area contributed by atoms with Crippen molar-refractivity contribution in [1.82, 2.24) is 24.7 Å². The van der Waals surface area contributed by atoms with Crippen LogP contribution in [0.25, 0.3) is 0 Å². The van der Waals surface area contributed by atoms with E-state index in [0.29, 0.717) is 10.9 Å². The van der Waals surface area contributed by atoms with E-state index < -0.39 is 0 Å². The zero-order valence-corrected chi connectivity index (χ0v) is 12.0. The molecule has 0 aliphatic carbocycles. The van der Waals surface area contributed by atoms with Crippen LogP contribution < -0.4 is 0 Å². The number of nitriles is 1. The van der Waals surface area contributed by atoms with Crippen LogP contribution in [0.2, 0.25) is 0 Å².